The molecule has 72 valence electrons. The Labute approximate surface area is 77.2 Å². The van der Waals surface area contributed by atoms with Gasteiger partial charge in [0.25, 0.3) is 0 Å². The maximum absolute atomic E-state index is 5.70. The Morgan fingerprint density at radius 3 is 2.75 bits per heavy atom. The van der Waals surface area contributed by atoms with Gasteiger partial charge in [-0.15, -0.1) is 0 Å². The van der Waals surface area contributed by atoms with E-state index >= 15 is 0 Å². The van der Waals surface area contributed by atoms with Crippen molar-refractivity contribution in [2.24, 2.45) is 11.7 Å². The van der Waals surface area contributed by atoms with Crippen LogP contribution in [0.15, 0.2) is 0 Å². The van der Waals surface area contributed by atoms with Crippen LogP contribution in [0.5, 0.6) is 0 Å². The lowest BCUT2D eigenvalue weighted by Crippen LogP contribution is -2.52. The van der Waals surface area contributed by atoms with Crippen LogP contribution in [0.1, 0.15) is 13.8 Å². The summed E-state index contributed by atoms with van der Waals surface area (Å²) < 4.78 is 7.92. The van der Waals surface area contributed by atoms with E-state index in [9.17, 15) is 0 Å². The van der Waals surface area contributed by atoms with Crippen molar-refractivity contribution in [1.82, 2.24) is 4.57 Å². The van der Waals surface area contributed by atoms with E-state index in [4.69, 9.17) is 10.5 Å². The van der Waals surface area contributed by atoms with Crippen molar-refractivity contribution in [2.75, 3.05) is 20.2 Å². The Hall–Kier alpha value is 0.0969. The topological polar surface area (TPSA) is 38.5 Å². The number of rotatable bonds is 3. The summed E-state index contributed by atoms with van der Waals surface area (Å²) >= 11 is 0. The molecule has 4 heteroatoms. The molecule has 0 spiro atoms. The van der Waals surface area contributed by atoms with Gasteiger partial charge < -0.3 is 15.0 Å². The smallest absolute Gasteiger partial charge is 0.124 e. The van der Waals surface area contributed by atoms with Gasteiger partial charge in [0.1, 0.15) is 5.72 Å². The molecular formula is C8H20N2OSi. The lowest BCUT2D eigenvalue weighted by atomic mass is 10.2. The highest BCUT2D eigenvalue weighted by atomic mass is 28.2. The molecule has 0 saturated carbocycles. The Balaban J connectivity index is 2.55. The van der Waals surface area contributed by atoms with Crippen molar-refractivity contribution < 1.29 is 4.74 Å². The number of hydrogen-bond acceptors (Lipinski definition) is 3. The molecule has 1 aliphatic heterocycles. The van der Waals surface area contributed by atoms with Crippen LogP contribution in [0.25, 0.3) is 0 Å². The molecule has 2 unspecified atom stereocenters. The fourth-order valence-electron chi connectivity index (χ4n) is 1.71. The van der Waals surface area contributed by atoms with Crippen LogP contribution in [0, 0.1) is 5.92 Å². The van der Waals surface area contributed by atoms with Gasteiger partial charge >= 0.3 is 0 Å². The Kier molecular flexibility index (Phi) is 3.28. The summed E-state index contributed by atoms with van der Waals surface area (Å²) in [6.07, 6.45) is 0. The number of nitrogens with zero attached hydrogens (tertiary/aromatic N) is 1. The van der Waals surface area contributed by atoms with Gasteiger partial charge in [-0.25, -0.2) is 0 Å². The third-order valence-electron chi connectivity index (χ3n) is 2.91. The molecule has 0 radical (unpaired) electrons. The molecule has 0 aromatic rings. The largest absolute Gasteiger partial charge is 0.363 e. The third-order valence-corrected chi connectivity index (χ3v) is 5.62. The molecule has 2 atom stereocenters. The van der Waals surface area contributed by atoms with Crippen LogP contribution in [0.4, 0.5) is 0 Å². The molecule has 0 amide bonds. The number of nitrogens with two attached hydrogens (primary N) is 1. The average molecular weight is 188 g/mol. The zero-order chi connectivity index (χ0) is 9.19. The van der Waals surface area contributed by atoms with Crippen molar-refractivity contribution in [2.45, 2.75) is 25.6 Å². The Bertz CT molecular complexity index is 150. The second-order valence-electron chi connectivity index (χ2n) is 3.92. The van der Waals surface area contributed by atoms with Gasteiger partial charge in [0.2, 0.25) is 0 Å². The van der Waals surface area contributed by atoms with Gasteiger partial charge in [-0.1, -0.05) is 6.92 Å². The summed E-state index contributed by atoms with van der Waals surface area (Å²) in [5.74, 6) is 0.845. The van der Waals surface area contributed by atoms with E-state index in [0.717, 1.165) is 5.92 Å². The van der Waals surface area contributed by atoms with Crippen molar-refractivity contribution in [1.29, 1.82) is 0 Å². The third kappa shape index (κ3) is 1.88. The van der Waals surface area contributed by atoms with Gasteiger partial charge in [0.15, 0.2) is 0 Å². The first-order chi connectivity index (χ1) is 5.62. The van der Waals surface area contributed by atoms with E-state index in [1.807, 2.05) is 0 Å². The molecule has 1 rings (SSSR count). The zero-order valence-electron chi connectivity index (χ0n) is 8.34. The molecule has 0 bridgehead atoms. The Morgan fingerprint density at radius 2 is 2.42 bits per heavy atom. The summed E-state index contributed by atoms with van der Waals surface area (Å²) in [5.41, 5.74) is 5.51. The summed E-state index contributed by atoms with van der Waals surface area (Å²) in [7, 11) is 1.67. The molecule has 0 aromatic carbocycles. The highest BCUT2D eigenvalue weighted by Gasteiger charge is 2.34. The standard InChI is InChI=1S/C8H20N2OSi/c1-7-4-10(12-5-7)8(2,6-9)11-3/h7H,4-6,9,12H2,1-3H3. The normalized spacial score (nSPS) is 32.5. The molecule has 12 heavy (non-hydrogen) atoms. The fourth-order valence-corrected chi connectivity index (χ4v) is 4.00. The predicted octanol–water partition coefficient (Wildman–Crippen LogP) is -0.239. The summed E-state index contributed by atoms with van der Waals surface area (Å²) in [5, 5.41) is 0. The van der Waals surface area contributed by atoms with Crippen LogP contribution in [-0.2, 0) is 4.74 Å². The first kappa shape index (κ1) is 10.2. The minimum atomic E-state index is -0.184. The molecule has 1 heterocycles. The minimum Gasteiger partial charge on any atom is -0.363 e. The summed E-state index contributed by atoms with van der Waals surface area (Å²) in [4.78, 5) is 0. The lowest BCUT2D eigenvalue weighted by molar-refractivity contribution is -0.0732. The van der Waals surface area contributed by atoms with Crippen molar-refractivity contribution in [3.63, 3.8) is 0 Å². The molecule has 1 aliphatic rings. The monoisotopic (exact) mass is 188 g/mol. The van der Waals surface area contributed by atoms with Crippen LogP contribution in [0.3, 0.4) is 0 Å². The van der Waals surface area contributed by atoms with Gasteiger partial charge in [-0.05, 0) is 25.4 Å². The first-order valence-corrected chi connectivity index (χ1v) is 6.26. The molecular weight excluding hydrogens is 168 g/mol. The SMILES string of the molecule is COC(C)(CN)N1CC(C)C[SiH2]1. The van der Waals surface area contributed by atoms with Gasteiger partial charge in [-0.3, -0.25) is 0 Å². The van der Waals surface area contributed by atoms with E-state index in [-0.39, 0.29) is 15.4 Å². The number of methoxy groups -OCH3 is 1. The molecule has 0 aliphatic carbocycles. The zero-order valence-corrected chi connectivity index (χ0v) is 9.75. The van der Waals surface area contributed by atoms with E-state index < -0.39 is 0 Å². The van der Waals surface area contributed by atoms with Crippen LogP contribution >= 0.6 is 0 Å². The van der Waals surface area contributed by atoms with Gasteiger partial charge in [0, 0.05) is 13.7 Å². The van der Waals surface area contributed by atoms with E-state index in [1.165, 1.54) is 12.6 Å². The van der Waals surface area contributed by atoms with Crippen molar-refractivity contribution >= 4 is 9.68 Å². The second kappa shape index (κ2) is 3.87. The molecule has 1 fully saturated rings. The highest BCUT2D eigenvalue weighted by molar-refractivity contribution is 6.33. The molecule has 2 N–H and O–H groups in total. The first-order valence-electron chi connectivity index (χ1n) is 4.62. The quantitative estimate of drug-likeness (QED) is 0.621. The summed E-state index contributed by atoms with van der Waals surface area (Å²) in [6.45, 7) is 6.18. The van der Waals surface area contributed by atoms with Crippen molar-refractivity contribution in [3.05, 3.63) is 0 Å². The second-order valence-corrected chi connectivity index (χ2v) is 5.71. The van der Waals surface area contributed by atoms with E-state index in [2.05, 4.69) is 18.4 Å². The van der Waals surface area contributed by atoms with E-state index in [1.54, 1.807) is 7.11 Å². The number of ether oxygens (including phenoxy) is 1. The molecule has 1 saturated heterocycles. The Morgan fingerprint density at radius 1 is 1.75 bits per heavy atom. The summed E-state index contributed by atoms with van der Waals surface area (Å²) in [6, 6.07) is 1.40. The predicted molar refractivity (Wildman–Crippen MR) is 53.7 cm³/mol. The van der Waals surface area contributed by atoms with Crippen LogP contribution in [0.2, 0.25) is 6.04 Å². The van der Waals surface area contributed by atoms with Crippen LogP contribution in [-0.4, -0.2) is 40.2 Å². The highest BCUT2D eigenvalue weighted by Crippen LogP contribution is 2.23. The molecule has 0 aromatic heterocycles. The van der Waals surface area contributed by atoms with Crippen LogP contribution < -0.4 is 5.73 Å². The van der Waals surface area contributed by atoms with E-state index in [0.29, 0.717) is 6.54 Å². The number of hydrogen-bond donors (Lipinski definition) is 1. The maximum atomic E-state index is 5.70. The fraction of sp³-hybridized carbons (Fsp3) is 1.00. The maximum Gasteiger partial charge on any atom is 0.124 e. The average Bonchev–Trinajstić information content (AvgIpc) is 2.51. The van der Waals surface area contributed by atoms with Gasteiger partial charge in [0.05, 0.1) is 9.68 Å². The molecule has 3 nitrogen and oxygen atoms in total. The van der Waals surface area contributed by atoms with Crippen molar-refractivity contribution in [3.8, 4) is 0 Å². The lowest BCUT2D eigenvalue weighted by Gasteiger charge is -2.36. The van der Waals surface area contributed by atoms with Gasteiger partial charge in [-0.2, -0.15) is 0 Å². The minimum absolute atomic E-state index is 0.0881.